The Morgan fingerprint density at radius 3 is 1.56 bits per heavy atom. The molecule has 0 heterocycles. The molecule has 0 fully saturated rings. The Hall–Kier alpha value is -1.98. The molecule has 0 aliphatic heterocycles. The van der Waals surface area contributed by atoms with Crippen LogP contribution in [0.4, 0.5) is 39.5 Å². The van der Waals surface area contributed by atoms with Gasteiger partial charge in [-0.25, -0.2) is 0 Å². The van der Waals surface area contributed by atoms with Crippen molar-refractivity contribution in [3.8, 4) is 0 Å². The van der Waals surface area contributed by atoms with E-state index in [1.807, 2.05) is 18.2 Å². The minimum absolute atomic E-state index is 0.00306. The standard InChI is InChI=1S/C13H21NO.C7H7F9O/c1-5-8-13(9-6-2,10-7-3)11-14-12(4)15;1-4(8,9)6(12,13)5(10,11)2-3-17-7(14,15)16/h5-7H,1-3,8-11H2,4H3,(H,14,15);2-3H2,1H3. The Morgan fingerprint density at radius 2 is 1.28 bits per heavy atom. The molecule has 0 atom stereocenters. The van der Waals surface area contributed by atoms with Crippen LogP contribution in [0.1, 0.15) is 39.5 Å². The lowest BCUT2D eigenvalue weighted by Gasteiger charge is -2.31. The second kappa shape index (κ2) is 12.9. The molecule has 0 saturated heterocycles. The van der Waals surface area contributed by atoms with E-state index in [1.54, 1.807) is 0 Å². The summed E-state index contributed by atoms with van der Waals surface area (Å²) in [6.07, 6.45) is 0.740. The highest BCUT2D eigenvalue weighted by Gasteiger charge is 2.68. The molecule has 0 spiro atoms. The maximum atomic E-state index is 12.6. The average Bonchev–Trinajstić information content (AvgIpc) is 2.59. The fraction of sp³-hybridized carbons (Fsp3) is 0.650. The molecule has 3 nitrogen and oxygen atoms in total. The molecule has 0 aromatic carbocycles. The van der Waals surface area contributed by atoms with Gasteiger partial charge in [0, 0.05) is 26.8 Å². The molecule has 0 unspecified atom stereocenters. The number of nitrogens with one attached hydrogen (secondary N) is 1. The lowest BCUT2D eigenvalue weighted by Crippen LogP contribution is -2.53. The first kappa shape index (κ1) is 32.2. The van der Waals surface area contributed by atoms with Crippen LogP contribution < -0.4 is 5.32 Å². The summed E-state index contributed by atoms with van der Waals surface area (Å²) in [5.41, 5.74) is -0.00306. The topological polar surface area (TPSA) is 38.3 Å². The molecule has 0 aromatic heterocycles. The number of carbonyl (C=O) groups is 1. The first-order valence-electron chi connectivity index (χ1n) is 9.22. The van der Waals surface area contributed by atoms with Gasteiger partial charge in [-0.15, -0.1) is 32.9 Å². The van der Waals surface area contributed by atoms with Gasteiger partial charge in [-0.3, -0.25) is 9.53 Å². The zero-order chi connectivity index (χ0) is 25.9. The van der Waals surface area contributed by atoms with Gasteiger partial charge in [-0.2, -0.15) is 26.3 Å². The van der Waals surface area contributed by atoms with Crippen LogP contribution in [0.15, 0.2) is 38.0 Å². The van der Waals surface area contributed by atoms with Crippen LogP contribution in [0.25, 0.3) is 0 Å². The fourth-order valence-electron chi connectivity index (χ4n) is 2.47. The molecule has 32 heavy (non-hydrogen) atoms. The third kappa shape index (κ3) is 11.6. The van der Waals surface area contributed by atoms with Gasteiger partial charge in [0.05, 0.1) is 6.61 Å². The summed E-state index contributed by atoms with van der Waals surface area (Å²) in [5.74, 6) is -16.1. The predicted molar refractivity (Wildman–Crippen MR) is 103 cm³/mol. The van der Waals surface area contributed by atoms with Crippen LogP contribution in [0.3, 0.4) is 0 Å². The Morgan fingerprint density at radius 1 is 0.875 bits per heavy atom. The molecule has 0 saturated carbocycles. The monoisotopic (exact) mass is 485 g/mol. The Labute approximate surface area is 181 Å². The van der Waals surface area contributed by atoms with Crippen molar-refractivity contribution in [2.24, 2.45) is 5.41 Å². The number of ether oxygens (including phenoxy) is 1. The fourth-order valence-corrected chi connectivity index (χ4v) is 2.47. The average molecular weight is 485 g/mol. The third-order valence-electron chi connectivity index (χ3n) is 4.14. The molecule has 0 aliphatic carbocycles. The molecule has 0 bridgehead atoms. The van der Waals surface area contributed by atoms with Crippen molar-refractivity contribution in [1.29, 1.82) is 0 Å². The molecule has 1 N–H and O–H groups in total. The number of alkyl halides is 9. The van der Waals surface area contributed by atoms with Crippen molar-refractivity contribution in [2.75, 3.05) is 13.2 Å². The Bertz CT molecular complexity index is 585. The van der Waals surface area contributed by atoms with Crippen LogP contribution in [-0.4, -0.2) is 43.2 Å². The maximum absolute atomic E-state index is 12.6. The number of halogens is 9. The SMILES string of the molecule is C=CCC(CC=C)(CC=C)CNC(C)=O.CC(F)(F)C(F)(F)C(F)(F)CCOC(F)(F)F. The van der Waals surface area contributed by atoms with Gasteiger partial charge in [0.1, 0.15) is 0 Å². The summed E-state index contributed by atoms with van der Waals surface area (Å²) < 4.78 is 111. The van der Waals surface area contributed by atoms with Crippen molar-refractivity contribution >= 4 is 5.91 Å². The van der Waals surface area contributed by atoms with E-state index >= 15 is 0 Å². The normalized spacial score (nSPS) is 13.0. The van der Waals surface area contributed by atoms with Crippen LogP contribution in [-0.2, 0) is 9.53 Å². The van der Waals surface area contributed by atoms with Gasteiger partial charge in [0.25, 0.3) is 0 Å². The first-order valence-corrected chi connectivity index (χ1v) is 9.22. The van der Waals surface area contributed by atoms with E-state index in [0.717, 1.165) is 19.3 Å². The summed E-state index contributed by atoms with van der Waals surface area (Å²) in [4.78, 5) is 10.9. The minimum Gasteiger partial charge on any atom is -0.356 e. The smallest absolute Gasteiger partial charge is 0.356 e. The van der Waals surface area contributed by atoms with Gasteiger partial charge in [0.2, 0.25) is 5.91 Å². The highest BCUT2D eigenvalue weighted by atomic mass is 19.4. The van der Waals surface area contributed by atoms with E-state index in [2.05, 4.69) is 29.8 Å². The number of carbonyl (C=O) groups excluding carboxylic acids is 1. The second-order valence-electron chi connectivity index (χ2n) is 7.10. The number of hydrogen-bond donors (Lipinski definition) is 1. The van der Waals surface area contributed by atoms with Crippen molar-refractivity contribution < 1.29 is 49.0 Å². The summed E-state index contributed by atoms with van der Waals surface area (Å²) in [7, 11) is 0. The van der Waals surface area contributed by atoms with Crippen LogP contribution in [0.2, 0.25) is 0 Å². The zero-order valence-corrected chi connectivity index (χ0v) is 17.8. The van der Waals surface area contributed by atoms with Gasteiger partial charge in [0.15, 0.2) is 0 Å². The van der Waals surface area contributed by atoms with E-state index in [-0.39, 0.29) is 11.3 Å². The van der Waals surface area contributed by atoms with Crippen molar-refractivity contribution in [2.45, 2.75) is 63.7 Å². The van der Waals surface area contributed by atoms with Gasteiger partial charge >= 0.3 is 24.1 Å². The number of rotatable bonds is 13. The second-order valence-corrected chi connectivity index (χ2v) is 7.10. The lowest BCUT2D eigenvalue weighted by molar-refractivity contribution is -0.340. The summed E-state index contributed by atoms with van der Waals surface area (Å²) >= 11 is 0. The molecular weight excluding hydrogens is 457 g/mol. The van der Waals surface area contributed by atoms with E-state index in [0.29, 0.717) is 6.54 Å². The van der Waals surface area contributed by atoms with Crippen molar-refractivity contribution in [1.82, 2.24) is 5.32 Å². The molecule has 0 rings (SSSR count). The largest absolute Gasteiger partial charge is 0.522 e. The van der Waals surface area contributed by atoms with Gasteiger partial charge in [-0.05, 0) is 24.7 Å². The number of amides is 1. The van der Waals surface area contributed by atoms with Crippen LogP contribution in [0.5, 0.6) is 0 Å². The van der Waals surface area contributed by atoms with E-state index in [4.69, 9.17) is 0 Å². The minimum atomic E-state index is -5.76. The molecule has 0 aromatic rings. The van der Waals surface area contributed by atoms with E-state index in [1.165, 1.54) is 6.92 Å². The van der Waals surface area contributed by atoms with Gasteiger partial charge < -0.3 is 5.32 Å². The molecule has 188 valence electrons. The lowest BCUT2D eigenvalue weighted by atomic mass is 9.78. The third-order valence-corrected chi connectivity index (χ3v) is 4.14. The quantitative estimate of drug-likeness (QED) is 0.234. The number of hydrogen-bond acceptors (Lipinski definition) is 2. The van der Waals surface area contributed by atoms with E-state index in [9.17, 15) is 44.3 Å². The van der Waals surface area contributed by atoms with Crippen molar-refractivity contribution in [3.05, 3.63) is 38.0 Å². The predicted octanol–water partition coefficient (Wildman–Crippen LogP) is 6.68. The number of allylic oxidation sites excluding steroid dienone is 3. The first-order chi connectivity index (χ1) is 14.3. The Kier molecular flexibility index (Phi) is 13.0. The van der Waals surface area contributed by atoms with Gasteiger partial charge in [-0.1, -0.05) is 18.2 Å². The molecule has 0 aliphatic rings. The molecule has 0 radical (unpaired) electrons. The highest BCUT2D eigenvalue weighted by Crippen LogP contribution is 2.47. The van der Waals surface area contributed by atoms with Crippen LogP contribution >= 0.6 is 0 Å². The molecule has 1 amide bonds. The van der Waals surface area contributed by atoms with Crippen molar-refractivity contribution in [3.63, 3.8) is 0 Å². The highest BCUT2D eigenvalue weighted by molar-refractivity contribution is 5.72. The molecule has 12 heteroatoms. The Balaban J connectivity index is 0. The summed E-state index contributed by atoms with van der Waals surface area (Å²) in [6, 6.07) is 0. The van der Waals surface area contributed by atoms with Crippen LogP contribution in [0, 0.1) is 5.41 Å². The van der Waals surface area contributed by atoms with E-state index < -0.39 is 44.1 Å². The summed E-state index contributed by atoms with van der Waals surface area (Å²) in [5, 5.41) is 2.86. The summed E-state index contributed by atoms with van der Waals surface area (Å²) in [6.45, 7) is 11.1. The maximum Gasteiger partial charge on any atom is 0.522 e. The molecular formula is C20H28F9NO2. The zero-order valence-electron chi connectivity index (χ0n) is 17.8.